The van der Waals surface area contributed by atoms with Crippen molar-refractivity contribution in [2.24, 2.45) is 0 Å². The molecule has 0 aliphatic carbocycles. The fraction of sp³-hybridized carbons (Fsp3) is 0.167. The summed E-state index contributed by atoms with van der Waals surface area (Å²) in [4.78, 5) is 35.0. The van der Waals surface area contributed by atoms with E-state index < -0.39 is 18.0 Å². The number of urea groups is 1. The number of aldehydes is 1. The van der Waals surface area contributed by atoms with Crippen LogP contribution in [0.4, 0.5) is 4.79 Å². The SMILES string of the molecule is O=CCN1C(=O)NC(c2[nH]nc3ccccc23)C1=O. The first kappa shape index (κ1) is 11.4. The number of imide groups is 1. The van der Waals surface area contributed by atoms with Crippen LogP contribution in [0.2, 0.25) is 0 Å². The first-order chi connectivity index (χ1) is 9.22. The maximum atomic E-state index is 12.1. The molecule has 1 aromatic carbocycles. The molecule has 7 heteroatoms. The van der Waals surface area contributed by atoms with Crippen LogP contribution in [0.5, 0.6) is 0 Å². The summed E-state index contributed by atoms with van der Waals surface area (Å²) in [5.41, 5.74) is 1.25. The Hall–Kier alpha value is -2.70. The van der Waals surface area contributed by atoms with Gasteiger partial charge in [0, 0.05) is 5.39 Å². The first-order valence-electron chi connectivity index (χ1n) is 5.71. The number of hydrogen-bond donors (Lipinski definition) is 2. The molecule has 96 valence electrons. The molecular weight excluding hydrogens is 248 g/mol. The lowest BCUT2D eigenvalue weighted by molar-refractivity contribution is -0.129. The van der Waals surface area contributed by atoms with Crippen LogP contribution in [-0.4, -0.2) is 39.9 Å². The van der Waals surface area contributed by atoms with E-state index in [1.165, 1.54) is 0 Å². The average Bonchev–Trinajstić information content (AvgIpc) is 2.95. The number of aromatic nitrogens is 2. The molecule has 1 fully saturated rings. The minimum Gasteiger partial charge on any atom is -0.320 e. The predicted molar refractivity (Wildman–Crippen MR) is 65.1 cm³/mol. The van der Waals surface area contributed by atoms with Gasteiger partial charge in [-0.3, -0.25) is 14.8 Å². The average molecular weight is 258 g/mol. The molecule has 0 saturated carbocycles. The maximum Gasteiger partial charge on any atom is 0.325 e. The highest BCUT2D eigenvalue weighted by molar-refractivity contribution is 6.07. The van der Waals surface area contributed by atoms with Gasteiger partial charge in [0.25, 0.3) is 5.91 Å². The van der Waals surface area contributed by atoms with Gasteiger partial charge in [-0.2, -0.15) is 5.10 Å². The summed E-state index contributed by atoms with van der Waals surface area (Å²) in [5, 5.41) is 10.2. The number of carbonyl (C=O) groups excluding carboxylic acids is 3. The van der Waals surface area contributed by atoms with Crippen LogP contribution in [0.15, 0.2) is 24.3 Å². The smallest absolute Gasteiger partial charge is 0.320 e. The van der Waals surface area contributed by atoms with Crippen molar-refractivity contribution < 1.29 is 14.4 Å². The van der Waals surface area contributed by atoms with Crippen LogP contribution in [0.3, 0.4) is 0 Å². The molecule has 1 aliphatic heterocycles. The van der Waals surface area contributed by atoms with Crippen LogP contribution in [0.1, 0.15) is 11.7 Å². The molecule has 2 heterocycles. The van der Waals surface area contributed by atoms with Gasteiger partial charge < -0.3 is 10.1 Å². The van der Waals surface area contributed by atoms with E-state index in [2.05, 4.69) is 15.5 Å². The van der Waals surface area contributed by atoms with Gasteiger partial charge in [0.1, 0.15) is 6.29 Å². The van der Waals surface area contributed by atoms with Crippen LogP contribution in [-0.2, 0) is 9.59 Å². The number of H-pyrrole nitrogens is 1. The van der Waals surface area contributed by atoms with E-state index in [9.17, 15) is 14.4 Å². The summed E-state index contributed by atoms with van der Waals surface area (Å²) < 4.78 is 0. The van der Waals surface area contributed by atoms with E-state index in [1.54, 1.807) is 6.07 Å². The molecule has 7 nitrogen and oxygen atoms in total. The number of amides is 3. The van der Waals surface area contributed by atoms with E-state index in [0.29, 0.717) is 17.5 Å². The van der Waals surface area contributed by atoms with Gasteiger partial charge in [-0.15, -0.1) is 0 Å². The summed E-state index contributed by atoms with van der Waals surface area (Å²) in [6.45, 7) is -0.243. The number of nitrogens with one attached hydrogen (secondary N) is 2. The standard InChI is InChI=1S/C12H10N4O3/c17-6-5-16-11(18)10(13-12(16)19)9-7-3-1-2-4-8(7)14-15-9/h1-4,6,10H,5H2,(H,13,19)(H,14,15). The highest BCUT2D eigenvalue weighted by Crippen LogP contribution is 2.26. The van der Waals surface area contributed by atoms with Gasteiger partial charge in [0.15, 0.2) is 6.04 Å². The van der Waals surface area contributed by atoms with Crippen molar-refractivity contribution in [1.29, 1.82) is 0 Å². The van der Waals surface area contributed by atoms with Crippen LogP contribution >= 0.6 is 0 Å². The lowest BCUT2D eigenvalue weighted by atomic mass is 10.1. The van der Waals surface area contributed by atoms with Gasteiger partial charge in [-0.1, -0.05) is 18.2 Å². The van der Waals surface area contributed by atoms with E-state index in [0.717, 1.165) is 10.3 Å². The highest BCUT2D eigenvalue weighted by atomic mass is 16.2. The number of benzene rings is 1. The third-order valence-electron chi connectivity index (χ3n) is 3.06. The molecule has 1 aliphatic rings. The molecule has 1 saturated heterocycles. The molecule has 2 N–H and O–H groups in total. The first-order valence-corrected chi connectivity index (χ1v) is 5.71. The number of hydrogen-bond acceptors (Lipinski definition) is 4. The molecule has 1 atom stereocenters. The normalized spacial score (nSPS) is 18.9. The predicted octanol–water partition coefficient (Wildman–Crippen LogP) is 0.355. The van der Waals surface area contributed by atoms with Gasteiger partial charge in [-0.25, -0.2) is 4.79 Å². The Kier molecular flexibility index (Phi) is 2.52. The second kappa shape index (κ2) is 4.20. The molecular formula is C12H10N4O3. The van der Waals surface area contributed by atoms with E-state index in [-0.39, 0.29) is 6.54 Å². The molecule has 1 aromatic heterocycles. The second-order valence-electron chi connectivity index (χ2n) is 4.15. The second-order valence-corrected chi connectivity index (χ2v) is 4.15. The largest absolute Gasteiger partial charge is 0.325 e. The van der Waals surface area contributed by atoms with Crippen molar-refractivity contribution in [3.05, 3.63) is 30.0 Å². The fourth-order valence-corrected chi connectivity index (χ4v) is 2.16. The summed E-state index contributed by atoms with van der Waals surface area (Å²) in [7, 11) is 0. The van der Waals surface area contributed by atoms with Crippen molar-refractivity contribution in [2.75, 3.05) is 6.54 Å². The molecule has 3 amide bonds. The van der Waals surface area contributed by atoms with Crippen molar-refractivity contribution >= 4 is 29.1 Å². The molecule has 0 bridgehead atoms. The number of fused-ring (bicyclic) bond motifs is 1. The third-order valence-corrected chi connectivity index (χ3v) is 3.06. The summed E-state index contributed by atoms with van der Waals surface area (Å²) >= 11 is 0. The number of carbonyl (C=O) groups is 3. The fourth-order valence-electron chi connectivity index (χ4n) is 2.16. The Morgan fingerprint density at radius 3 is 2.89 bits per heavy atom. The zero-order valence-corrected chi connectivity index (χ0v) is 9.79. The Morgan fingerprint density at radius 2 is 2.11 bits per heavy atom. The Bertz CT molecular complexity index is 678. The van der Waals surface area contributed by atoms with Crippen LogP contribution in [0.25, 0.3) is 10.9 Å². The van der Waals surface area contributed by atoms with Gasteiger partial charge >= 0.3 is 6.03 Å². The van der Waals surface area contributed by atoms with Crippen molar-refractivity contribution in [3.8, 4) is 0 Å². The van der Waals surface area contributed by atoms with Crippen LogP contribution in [0, 0.1) is 0 Å². The Labute approximate surface area is 107 Å². The maximum absolute atomic E-state index is 12.1. The minimum atomic E-state index is -0.820. The quantitative estimate of drug-likeness (QED) is 0.613. The van der Waals surface area contributed by atoms with Crippen molar-refractivity contribution in [1.82, 2.24) is 20.4 Å². The van der Waals surface area contributed by atoms with Crippen molar-refractivity contribution in [2.45, 2.75) is 6.04 Å². The molecule has 0 radical (unpaired) electrons. The lowest BCUT2D eigenvalue weighted by Gasteiger charge is -2.08. The van der Waals surface area contributed by atoms with Gasteiger partial charge in [0.05, 0.1) is 17.8 Å². The summed E-state index contributed by atoms with van der Waals surface area (Å²) in [6, 6.07) is 5.89. The van der Waals surface area contributed by atoms with Crippen LogP contribution < -0.4 is 5.32 Å². The van der Waals surface area contributed by atoms with E-state index in [1.807, 2.05) is 18.2 Å². The van der Waals surface area contributed by atoms with Gasteiger partial charge in [0.2, 0.25) is 0 Å². The van der Waals surface area contributed by atoms with Crippen molar-refractivity contribution in [3.63, 3.8) is 0 Å². The molecule has 2 aromatic rings. The molecule has 1 unspecified atom stereocenters. The highest BCUT2D eigenvalue weighted by Gasteiger charge is 2.40. The topological polar surface area (TPSA) is 95.2 Å². The Balaban J connectivity index is 2.01. The van der Waals surface area contributed by atoms with E-state index >= 15 is 0 Å². The number of para-hydroxylation sites is 1. The zero-order valence-electron chi connectivity index (χ0n) is 9.79. The summed E-state index contributed by atoms with van der Waals surface area (Å²) in [6.07, 6.45) is 0.519. The number of rotatable bonds is 3. The molecule has 19 heavy (non-hydrogen) atoms. The lowest BCUT2D eigenvalue weighted by Crippen LogP contribution is -2.32. The van der Waals surface area contributed by atoms with Gasteiger partial charge in [-0.05, 0) is 6.07 Å². The third kappa shape index (κ3) is 1.67. The monoisotopic (exact) mass is 258 g/mol. The minimum absolute atomic E-state index is 0.243. The zero-order chi connectivity index (χ0) is 13.4. The number of aromatic amines is 1. The molecule has 3 rings (SSSR count). The molecule has 0 spiro atoms. The number of nitrogens with zero attached hydrogens (tertiary/aromatic N) is 2. The van der Waals surface area contributed by atoms with E-state index in [4.69, 9.17) is 0 Å². The summed E-state index contributed by atoms with van der Waals surface area (Å²) in [5.74, 6) is -0.452. The Morgan fingerprint density at radius 1 is 1.32 bits per heavy atom.